The molecule has 0 heterocycles. The second-order valence-electron chi connectivity index (χ2n) is 6.82. The third kappa shape index (κ3) is 2.28. The molecule has 0 radical (unpaired) electrons. The molecule has 0 aromatic rings. The molecule has 1 spiro atoms. The van der Waals surface area contributed by atoms with Crippen molar-refractivity contribution in [1.29, 1.82) is 0 Å². The molecule has 2 rings (SSSR count). The Morgan fingerprint density at radius 3 is 2.42 bits per heavy atom. The van der Waals surface area contributed by atoms with Crippen LogP contribution in [-0.4, -0.2) is 15.5 Å². The monoisotopic (exact) mass is 410 g/mol. The summed E-state index contributed by atoms with van der Waals surface area (Å²) in [4.78, 5) is 12.8. The average molecular weight is 413 g/mol. The molecular weight excluding hydrogens is 391 g/mol. The normalized spacial score (nSPS) is 46.3. The third-order valence-corrected chi connectivity index (χ3v) is 8.60. The smallest absolute Gasteiger partial charge is 0.146 e. The first-order valence-electron chi connectivity index (χ1n) is 6.80. The fourth-order valence-corrected chi connectivity index (χ4v) is 5.23. The van der Waals surface area contributed by atoms with Gasteiger partial charge >= 0.3 is 0 Å². The predicted octanol–water partition coefficient (Wildman–Crippen LogP) is 5.44. The minimum Gasteiger partial charge on any atom is -0.298 e. The number of allylic oxidation sites excluding steroid dienone is 2. The van der Waals surface area contributed by atoms with Crippen LogP contribution in [0, 0.1) is 16.7 Å². The van der Waals surface area contributed by atoms with Crippen molar-refractivity contribution in [3.8, 4) is 0 Å². The summed E-state index contributed by atoms with van der Waals surface area (Å²) in [7, 11) is 0. The van der Waals surface area contributed by atoms with Crippen molar-refractivity contribution in [1.82, 2.24) is 0 Å². The van der Waals surface area contributed by atoms with Crippen LogP contribution in [0.15, 0.2) is 10.6 Å². The number of halogens is 3. The number of carbonyl (C=O) groups is 1. The predicted molar refractivity (Wildman–Crippen MR) is 88.2 cm³/mol. The first-order valence-corrected chi connectivity index (χ1v) is 8.88. The van der Waals surface area contributed by atoms with Crippen LogP contribution in [0.25, 0.3) is 0 Å². The van der Waals surface area contributed by atoms with Gasteiger partial charge in [-0.15, -0.1) is 11.6 Å². The SMILES string of the molecule is C[C@H]1C=C(Br)C(C)(C)[C@]2(CC[C@](C)(Cl)[C@@H](Br)C2)C1=O. The highest BCUT2D eigenvalue weighted by Crippen LogP contribution is 2.61. The molecule has 0 N–H and O–H groups in total. The topological polar surface area (TPSA) is 17.1 Å². The largest absolute Gasteiger partial charge is 0.298 e. The summed E-state index contributed by atoms with van der Waals surface area (Å²) >= 11 is 14.0. The van der Waals surface area contributed by atoms with Crippen LogP contribution in [0.5, 0.6) is 0 Å². The lowest BCUT2D eigenvalue weighted by molar-refractivity contribution is -0.141. The van der Waals surface area contributed by atoms with Gasteiger partial charge in [-0.3, -0.25) is 4.79 Å². The molecule has 0 unspecified atom stereocenters. The van der Waals surface area contributed by atoms with E-state index in [4.69, 9.17) is 11.6 Å². The molecule has 2 aliphatic carbocycles. The third-order valence-electron chi connectivity index (χ3n) is 5.30. The van der Waals surface area contributed by atoms with E-state index >= 15 is 0 Å². The molecule has 4 atom stereocenters. The van der Waals surface area contributed by atoms with Crippen molar-refractivity contribution in [2.75, 3.05) is 0 Å². The van der Waals surface area contributed by atoms with Gasteiger partial charge in [0, 0.05) is 21.6 Å². The van der Waals surface area contributed by atoms with E-state index in [-0.39, 0.29) is 26.4 Å². The van der Waals surface area contributed by atoms with Crippen molar-refractivity contribution in [3.05, 3.63) is 10.6 Å². The van der Waals surface area contributed by atoms with Gasteiger partial charge in [-0.1, -0.05) is 58.7 Å². The molecule has 2 aliphatic rings. The maximum atomic E-state index is 12.9. The van der Waals surface area contributed by atoms with Crippen LogP contribution >= 0.6 is 43.5 Å². The summed E-state index contributed by atoms with van der Waals surface area (Å²) in [5, 5.41) is 0. The van der Waals surface area contributed by atoms with Crippen molar-refractivity contribution >= 4 is 49.2 Å². The summed E-state index contributed by atoms with van der Waals surface area (Å²) in [6.45, 7) is 8.41. The molecule has 0 amide bonds. The average Bonchev–Trinajstić information content (AvgIpc) is 2.30. The molecule has 0 aliphatic heterocycles. The standard InChI is InChI=1S/C15H21Br2ClO/c1-9-7-10(16)13(2,3)15(12(9)19)6-5-14(4,18)11(17)8-15/h7,9,11H,5-6,8H2,1-4H3/t9-,11-,14-,15-/m0/s1. The Kier molecular flexibility index (Phi) is 4.09. The Labute approximate surface area is 137 Å². The van der Waals surface area contributed by atoms with Gasteiger partial charge in [0.1, 0.15) is 5.78 Å². The number of hydrogen-bond acceptors (Lipinski definition) is 1. The molecule has 1 saturated carbocycles. The lowest BCUT2D eigenvalue weighted by atomic mass is 9.51. The Bertz CT molecular complexity index is 441. The maximum absolute atomic E-state index is 12.9. The number of Topliss-reactive ketones (excluding diaryl/α,β-unsaturated/α-hetero) is 1. The zero-order valence-corrected chi connectivity index (χ0v) is 15.8. The number of alkyl halides is 2. The highest BCUT2D eigenvalue weighted by molar-refractivity contribution is 9.11. The Morgan fingerprint density at radius 2 is 1.89 bits per heavy atom. The number of ketones is 1. The van der Waals surface area contributed by atoms with E-state index < -0.39 is 0 Å². The summed E-state index contributed by atoms with van der Waals surface area (Å²) in [6, 6.07) is 0. The minimum atomic E-state index is -0.303. The zero-order valence-electron chi connectivity index (χ0n) is 11.9. The van der Waals surface area contributed by atoms with Crippen LogP contribution in [0.2, 0.25) is 0 Å². The van der Waals surface area contributed by atoms with E-state index in [1.807, 2.05) is 6.92 Å². The molecule has 0 bridgehead atoms. The molecule has 1 nitrogen and oxygen atoms in total. The van der Waals surface area contributed by atoms with Crippen LogP contribution < -0.4 is 0 Å². The molecule has 0 aromatic carbocycles. The number of hydrogen-bond donors (Lipinski definition) is 0. The highest BCUT2D eigenvalue weighted by atomic mass is 79.9. The quantitative estimate of drug-likeness (QED) is 0.484. The van der Waals surface area contributed by atoms with E-state index in [0.29, 0.717) is 5.78 Å². The first kappa shape index (κ1) is 16.0. The summed E-state index contributed by atoms with van der Waals surface area (Å²) in [5.41, 5.74) is -0.460. The van der Waals surface area contributed by atoms with Gasteiger partial charge in [0.25, 0.3) is 0 Å². The second-order valence-corrected chi connectivity index (χ2v) is 9.65. The van der Waals surface area contributed by atoms with Gasteiger partial charge in [-0.05, 0) is 30.7 Å². The molecule has 4 heteroatoms. The maximum Gasteiger partial charge on any atom is 0.146 e. The van der Waals surface area contributed by atoms with Crippen LogP contribution in [0.3, 0.4) is 0 Å². The van der Waals surface area contributed by atoms with E-state index in [9.17, 15) is 4.79 Å². The second kappa shape index (κ2) is 4.84. The van der Waals surface area contributed by atoms with Crippen molar-refractivity contribution < 1.29 is 4.79 Å². The minimum absolute atomic E-state index is 0.0122. The van der Waals surface area contributed by atoms with E-state index in [2.05, 4.69) is 58.7 Å². The van der Waals surface area contributed by atoms with Crippen molar-refractivity contribution in [3.63, 3.8) is 0 Å². The van der Waals surface area contributed by atoms with E-state index in [0.717, 1.165) is 23.7 Å². The van der Waals surface area contributed by atoms with Gasteiger partial charge in [0.05, 0.1) is 4.87 Å². The van der Waals surface area contributed by atoms with Crippen LogP contribution in [-0.2, 0) is 4.79 Å². The van der Waals surface area contributed by atoms with Crippen molar-refractivity contribution in [2.45, 2.75) is 56.7 Å². The Balaban J connectivity index is 2.48. The molecule has 1 fully saturated rings. The van der Waals surface area contributed by atoms with Crippen molar-refractivity contribution in [2.24, 2.45) is 16.7 Å². The molecular formula is C15H21Br2ClO. The lowest BCUT2D eigenvalue weighted by Crippen LogP contribution is -2.56. The van der Waals surface area contributed by atoms with Gasteiger partial charge in [0.15, 0.2) is 0 Å². The lowest BCUT2D eigenvalue weighted by Gasteiger charge is -2.55. The fourth-order valence-electron chi connectivity index (χ4n) is 3.50. The summed E-state index contributed by atoms with van der Waals surface area (Å²) in [6.07, 6.45) is 4.61. The Morgan fingerprint density at radius 1 is 1.32 bits per heavy atom. The van der Waals surface area contributed by atoms with Crippen LogP contribution in [0.4, 0.5) is 0 Å². The Hall–Kier alpha value is 0.660. The van der Waals surface area contributed by atoms with E-state index in [1.54, 1.807) is 0 Å². The van der Waals surface area contributed by atoms with E-state index in [1.165, 1.54) is 0 Å². The molecule has 108 valence electrons. The first-order chi connectivity index (χ1) is 8.54. The van der Waals surface area contributed by atoms with Gasteiger partial charge in [-0.2, -0.15) is 0 Å². The fraction of sp³-hybridized carbons (Fsp3) is 0.800. The zero-order chi connectivity index (χ0) is 14.6. The molecule has 0 aromatic heterocycles. The van der Waals surface area contributed by atoms with Gasteiger partial charge in [-0.25, -0.2) is 0 Å². The summed E-state index contributed by atoms with van der Waals surface area (Å²) in [5.74, 6) is 0.360. The van der Waals surface area contributed by atoms with Gasteiger partial charge < -0.3 is 0 Å². The molecule has 19 heavy (non-hydrogen) atoms. The number of rotatable bonds is 0. The molecule has 0 saturated heterocycles. The van der Waals surface area contributed by atoms with Crippen LogP contribution in [0.1, 0.15) is 47.0 Å². The number of carbonyl (C=O) groups excluding carboxylic acids is 1. The highest BCUT2D eigenvalue weighted by Gasteiger charge is 2.59. The van der Waals surface area contributed by atoms with Gasteiger partial charge in [0.2, 0.25) is 0 Å². The summed E-state index contributed by atoms with van der Waals surface area (Å²) < 4.78 is 1.16.